The third-order valence-electron chi connectivity index (χ3n) is 4.14. The summed E-state index contributed by atoms with van der Waals surface area (Å²) >= 11 is 7.55. The molecular formula is C15H20Br2O. The van der Waals surface area contributed by atoms with Gasteiger partial charge < -0.3 is 4.74 Å². The maximum Gasteiger partial charge on any atom is 0.123 e. The Morgan fingerprint density at radius 2 is 1.89 bits per heavy atom. The Bertz CT molecular complexity index is 436. The van der Waals surface area contributed by atoms with Crippen LogP contribution in [0.2, 0.25) is 0 Å². The predicted molar refractivity (Wildman–Crippen MR) is 83.7 cm³/mol. The Morgan fingerprint density at radius 1 is 1.28 bits per heavy atom. The van der Waals surface area contributed by atoms with Crippen LogP contribution in [0.1, 0.15) is 48.6 Å². The van der Waals surface area contributed by atoms with Crippen molar-refractivity contribution in [3.8, 4) is 5.75 Å². The lowest BCUT2D eigenvalue weighted by Gasteiger charge is -2.31. The van der Waals surface area contributed by atoms with Crippen LogP contribution in [0.5, 0.6) is 5.75 Å². The normalized spacial score (nSPS) is 19.8. The zero-order valence-electron chi connectivity index (χ0n) is 11.2. The third kappa shape index (κ3) is 2.62. The smallest absolute Gasteiger partial charge is 0.123 e. The number of halogens is 2. The first kappa shape index (κ1) is 14.4. The first-order valence-electron chi connectivity index (χ1n) is 6.46. The fraction of sp³-hybridized carbons (Fsp3) is 0.600. The van der Waals surface area contributed by atoms with Gasteiger partial charge in [-0.3, -0.25) is 0 Å². The molecular weight excluding hydrogens is 356 g/mol. The molecule has 0 saturated heterocycles. The van der Waals surface area contributed by atoms with Crippen LogP contribution in [0, 0.1) is 12.3 Å². The topological polar surface area (TPSA) is 9.23 Å². The average molecular weight is 376 g/mol. The third-order valence-corrected chi connectivity index (χ3v) is 6.59. The molecule has 1 atom stereocenters. The van der Waals surface area contributed by atoms with Crippen molar-refractivity contribution in [2.75, 3.05) is 7.11 Å². The molecule has 0 bridgehead atoms. The van der Waals surface area contributed by atoms with Gasteiger partial charge in [-0.15, -0.1) is 0 Å². The van der Waals surface area contributed by atoms with Crippen LogP contribution in [-0.4, -0.2) is 7.11 Å². The van der Waals surface area contributed by atoms with Crippen molar-refractivity contribution >= 4 is 31.9 Å². The van der Waals surface area contributed by atoms with Crippen LogP contribution in [0.4, 0.5) is 0 Å². The molecule has 3 heteroatoms. The van der Waals surface area contributed by atoms with Crippen molar-refractivity contribution in [1.82, 2.24) is 0 Å². The van der Waals surface area contributed by atoms with E-state index < -0.39 is 0 Å². The summed E-state index contributed by atoms with van der Waals surface area (Å²) in [5.41, 5.74) is 2.83. The summed E-state index contributed by atoms with van der Waals surface area (Å²) in [6.45, 7) is 4.48. The van der Waals surface area contributed by atoms with E-state index in [1.54, 1.807) is 7.11 Å². The van der Waals surface area contributed by atoms with Crippen molar-refractivity contribution in [1.29, 1.82) is 0 Å². The monoisotopic (exact) mass is 374 g/mol. The maximum atomic E-state index is 5.56. The van der Waals surface area contributed by atoms with Gasteiger partial charge in [0.1, 0.15) is 5.75 Å². The summed E-state index contributed by atoms with van der Waals surface area (Å²) < 4.78 is 6.71. The van der Waals surface area contributed by atoms with Crippen LogP contribution in [-0.2, 0) is 0 Å². The van der Waals surface area contributed by atoms with Gasteiger partial charge in [-0.1, -0.05) is 51.6 Å². The van der Waals surface area contributed by atoms with Gasteiger partial charge in [0.15, 0.2) is 0 Å². The van der Waals surface area contributed by atoms with E-state index >= 15 is 0 Å². The number of alkyl halides is 1. The SMILES string of the molecule is COc1cc(C)c(Br)cc1C(Br)C1(C)CCCC1. The number of rotatable bonds is 3. The Labute approximate surface area is 127 Å². The van der Waals surface area contributed by atoms with Gasteiger partial charge in [-0.05, 0) is 42.9 Å². The molecule has 100 valence electrons. The summed E-state index contributed by atoms with van der Waals surface area (Å²) in [6.07, 6.45) is 5.26. The van der Waals surface area contributed by atoms with E-state index in [4.69, 9.17) is 4.74 Å². The first-order valence-corrected chi connectivity index (χ1v) is 8.17. The molecule has 1 unspecified atom stereocenters. The molecule has 1 aromatic carbocycles. The van der Waals surface area contributed by atoms with Crippen LogP contribution in [0.15, 0.2) is 16.6 Å². The van der Waals surface area contributed by atoms with Gasteiger partial charge in [0.05, 0.1) is 7.11 Å². The van der Waals surface area contributed by atoms with E-state index in [0.717, 1.165) is 10.2 Å². The fourth-order valence-electron chi connectivity index (χ4n) is 2.86. The molecule has 0 spiro atoms. The minimum absolute atomic E-state index is 0.349. The highest BCUT2D eigenvalue weighted by Gasteiger charge is 2.37. The van der Waals surface area contributed by atoms with E-state index in [-0.39, 0.29) is 0 Å². The molecule has 1 aliphatic rings. The number of benzene rings is 1. The number of hydrogen-bond acceptors (Lipinski definition) is 1. The van der Waals surface area contributed by atoms with Gasteiger partial charge in [0.2, 0.25) is 0 Å². The fourth-order valence-corrected chi connectivity index (χ4v) is 4.03. The van der Waals surface area contributed by atoms with Gasteiger partial charge >= 0.3 is 0 Å². The van der Waals surface area contributed by atoms with Gasteiger partial charge in [-0.25, -0.2) is 0 Å². The Balaban J connectivity index is 2.40. The number of methoxy groups -OCH3 is 1. The van der Waals surface area contributed by atoms with E-state index in [0.29, 0.717) is 10.2 Å². The molecule has 0 radical (unpaired) electrons. The standard InChI is InChI=1S/C15H20Br2O/c1-10-8-13(18-3)11(9-12(10)16)14(17)15(2)6-4-5-7-15/h8-9,14H,4-7H2,1-3H3. The molecule has 0 aromatic heterocycles. The highest BCUT2D eigenvalue weighted by molar-refractivity contribution is 9.10. The highest BCUT2D eigenvalue weighted by atomic mass is 79.9. The number of ether oxygens (including phenoxy) is 1. The van der Waals surface area contributed by atoms with Crippen LogP contribution < -0.4 is 4.74 Å². The summed E-state index contributed by atoms with van der Waals surface area (Å²) in [4.78, 5) is 0.361. The molecule has 1 nitrogen and oxygen atoms in total. The lowest BCUT2D eigenvalue weighted by molar-refractivity contribution is 0.322. The molecule has 0 N–H and O–H groups in total. The van der Waals surface area contributed by atoms with Crippen molar-refractivity contribution in [3.63, 3.8) is 0 Å². The number of hydrogen-bond donors (Lipinski definition) is 0. The Hall–Kier alpha value is -0.0200. The van der Waals surface area contributed by atoms with Crippen LogP contribution >= 0.6 is 31.9 Å². The second-order valence-corrected chi connectivity index (χ2v) is 7.34. The van der Waals surface area contributed by atoms with Gasteiger partial charge in [0, 0.05) is 14.9 Å². The van der Waals surface area contributed by atoms with Crippen molar-refractivity contribution in [2.24, 2.45) is 5.41 Å². The summed E-state index contributed by atoms with van der Waals surface area (Å²) in [5.74, 6) is 0.991. The lowest BCUT2D eigenvalue weighted by atomic mass is 9.81. The van der Waals surface area contributed by atoms with Gasteiger partial charge in [-0.2, -0.15) is 0 Å². The average Bonchev–Trinajstić information content (AvgIpc) is 2.79. The zero-order valence-corrected chi connectivity index (χ0v) is 14.4. The van der Waals surface area contributed by atoms with E-state index in [9.17, 15) is 0 Å². The maximum absolute atomic E-state index is 5.56. The van der Waals surface area contributed by atoms with Crippen molar-refractivity contribution in [3.05, 3.63) is 27.7 Å². The number of aryl methyl sites for hydroxylation is 1. The Kier molecular flexibility index (Phi) is 4.43. The molecule has 0 aliphatic heterocycles. The largest absolute Gasteiger partial charge is 0.496 e. The van der Waals surface area contributed by atoms with Gasteiger partial charge in [0.25, 0.3) is 0 Å². The molecule has 18 heavy (non-hydrogen) atoms. The molecule has 0 heterocycles. The Morgan fingerprint density at radius 3 is 2.44 bits per heavy atom. The molecule has 0 amide bonds. The first-order chi connectivity index (χ1) is 8.48. The summed E-state index contributed by atoms with van der Waals surface area (Å²) in [6, 6.07) is 4.32. The molecule has 1 aliphatic carbocycles. The second-order valence-electron chi connectivity index (χ2n) is 5.57. The zero-order chi connectivity index (χ0) is 13.3. The summed E-state index contributed by atoms with van der Waals surface area (Å²) in [7, 11) is 1.75. The van der Waals surface area contributed by atoms with Crippen LogP contribution in [0.25, 0.3) is 0 Å². The predicted octanol–water partition coefficient (Wildman–Crippen LogP) is 5.78. The molecule has 1 aromatic rings. The summed E-state index contributed by atoms with van der Waals surface area (Å²) in [5, 5.41) is 0. The van der Waals surface area contributed by atoms with Crippen LogP contribution in [0.3, 0.4) is 0 Å². The second kappa shape index (κ2) is 5.54. The lowest BCUT2D eigenvalue weighted by Crippen LogP contribution is -2.18. The minimum atomic E-state index is 0.349. The van der Waals surface area contributed by atoms with Crippen molar-refractivity contribution < 1.29 is 4.74 Å². The van der Waals surface area contributed by atoms with E-state index in [1.165, 1.54) is 36.8 Å². The molecule has 1 fully saturated rings. The van der Waals surface area contributed by atoms with Crippen molar-refractivity contribution in [2.45, 2.75) is 44.4 Å². The molecule has 2 rings (SSSR count). The highest BCUT2D eigenvalue weighted by Crippen LogP contribution is 2.53. The molecule has 1 saturated carbocycles. The van der Waals surface area contributed by atoms with E-state index in [2.05, 4.69) is 57.8 Å². The minimum Gasteiger partial charge on any atom is -0.496 e. The van der Waals surface area contributed by atoms with E-state index in [1.807, 2.05) is 0 Å². The quantitative estimate of drug-likeness (QED) is 0.608.